The summed E-state index contributed by atoms with van der Waals surface area (Å²) in [4.78, 5) is 12.1. The van der Waals surface area contributed by atoms with E-state index in [4.69, 9.17) is 4.74 Å². The maximum absolute atomic E-state index is 12.1. The van der Waals surface area contributed by atoms with E-state index < -0.39 is 0 Å². The van der Waals surface area contributed by atoms with Gasteiger partial charge in [-0.05, 0) is 36.6 Å². The van der Waals surface area contributed by atoms with Gasteiger partial charge in [0.2, 0.25) is 0 Å². The van der Waals surface area contributed by atoms with Gasteiger partial charge < -0.3 is 4.74 Å². The molecular weight excluding hydrogens is 350 g/mol. The van der Waals surface area contributed by atoms with Crippen molar-refractivity contribution in [1.29, 1.82) is 0 Å². The Kier molecular flexibility index (Phi) is 8.07. The smallest absolute Gasteiger partial charge is 0.276 e. The fraction of sp³-hybridized carbons (Fsp3) is 0.609. The summed E-state index contributed by atoms with van der Waals surface area (Å²) in [5.41, 5.74) is 1.93. The highest BCUT2D eigenvalue weighted by atomic mass is 16.5. The van der Waals surface area contributed by atoms with Crippen molar-refractivity contribution in [1.82, 2.24) is 14.8 Å². The molecular formula is C23H33N3O2. The number of ether oxygens (including phenoxy) is 1. The van der Waals surface area contributed by atoms with E-state index in [0.717, 1.165) is 48.7 Å². The van der Waals surface area contributed by atoms with Gasteiger partial charge in [-0.3, -0.25) is 9.36 Å². The van der Waals surface area contributed by atoms with Crippen LogP contribution in [-0.4, -0.2) is 21.4 Å². The lowest BCUT2D eigenvalue weighted by atomic mass is 10.0. The summed E-state index contributed by atoms with van der Waals surface area (Å²) in [7, 11) is 0. The van der Waals surface area contributed by atoms with Crippen LogP contribution in [0.2, 0.25) is 0 Å². The number of benzene rings is 1. The molecule has 152 valence electrons. The summed E-state index contributed by atoms with van der Waals surface area (Å²) >= 11 is 0. The number of hydrogen-bond donors (Lipinski definition) is 0. The van der Waals surface area contributed by atoms with Gasteiger partial charge >= 0.3 is 0 Å². The predicted molar refractivity (Wildman–Crippen MR) is 112 cm³/mol. The maximum atomic E-state index is 12.1. The summed E-state index contributed by atoms with van der Waals surface area (Å²) in [6.45, 7) is 3.03. The summed E-state index contributed by atoms with van der Waals surface area (Å²) in [6.07, 6.45) is 16.1. The zero-order valence-corrected chi connectivity index (χ0v) is 17.2. The van der Waals surface area contributed by atoms with Crippen LogP contribution in [0.1, 0.15) is 82.5 Å². The van der Waals surface area contributed by atoms with E-state index in [1.165, 1.54) is 64.0 Å². The molecule has 0 amide bonds. The second-order valence-corrected chi connectivity index (χ2v) is 7.76. The van der Waals surface area contributed by atoms with Gasteiger partial charge in [-0.15, -0.1) is 5.10 Å². The zero-order valence-electron chi connectivity index (χ0n) is 17.2. The molecule has 0 fully saturated rings. The third-order valence-corrected chi connectivity index (χ3v) is 5.50. The van der Waals surface area contributed by atoms with Crippen LogP contribution in [0.15, 0.2) is 29.2 Å². The van der Waals surface area contributed by atoms with Crippen LogP contribution in [0, 0.1) is 0 Å². The Morgan fingerprint density at radius 2 is 1.68 bits per heavy atom. The minimum atomic E-state index is -0.120. The third kappa shape index (κ3) is 5.66. The number of fused-ring (bicyclic) bond motifs is 3. The minimum Gasteiger partial charge on any atom is -0.494 e. The highest BCUT2D eigenvalue weighted by Gasteiger charge is 2.18. The highest BCUT2D eigenvalue weighted by molar-refractivity contribution is 5.48. The molecule has 1 aromatic carbocycles. The van der Waals surface area contributed by atoms with Crippen LogP contribution >= 0.6 is 0 Å². The second kappa shape index (κ2) is 11.0. The van der Waals surface area contributed by atoms with Crippen LogP contribution in [-0.2, 0) is 12.8 Å². The number of nitrogens with zero attached hydrogens (tertiary/aromatic N) is 3. The van der Waals surface area contributed by atoms with Crippen LogP contribution in [0.4, 0.5) is 0 Å². The Labute approximate surface area is 168 Å². The number of rotatable bonds is 12. The lowest BCUT2D eigenvalue weighted by Crippen LogP contribution is -2.28. The van der Waals surface area contributed by atoms with Gasteiger partial charge in [0.25, 0.3) is 5.56 Å². The molecule has 3 rings (SSSR count). The largest absolute Gasteiger partial charge is 0.494 e. The fourth-order valence-electron chi connectivity index (χ4n) is 3.89. The predicted octanol–water partition coefficient (Wildman–Crippen LogP) is 5.03. The van der Waals surface area contributed by atoms with Crippen LogP contribution in [0.25, 0.3) is 5.69 Å². The average molecular weight is 384 g/mol. The summed E-state index contributed by atoms with van der Waals surface area (Å²) in [5, 5.41) is 7.87. The molecule has 0 atom stereocenters. The Morgan fingerprint density at radius 1 is 0.964 bits per heavy atom. The Hall–Kier alpha value is -2.17. The molecule has 5 nitrogen and oxygen atoms in total. The van der Waals surface area contributed by atoms with Crippen molar-refractivity contribution in [2.45, 2.75) is 84.0 Å². The molecule has 1 aliphatic rings. The number of aromatic nitrogens is 3. The highest BCUT2D eigenvalue weighted by Crippen LogP contribution is 2.26. The topological polar surface area (TPSA) is 57.0 Å². The molecule has 0 aliphatic carbocycles. The van der Waals surface area contributed by atoms with Crippen molar-refractivity contribution >= 4 is 0 Å². The molecule has 0 spiro atoms. The molecule has 2 aromatic rings. The molecule has 1 aromatic heterocycles. The summed E-state index contributed by atoms with van der Waals surface area (Å²) < 4.78 is 7.61. The molecule has 0 bridgehead atoms. The molecule has 28 heavy (non-hydrogen) atoms. The quantitative estimate of drug-likeness (QED) is 0.483. The van der Waals surface area contributed by atoms with E-state index in [-0.39, 0.29) is 5.56 Å². The van der Waals surface area contributed by atoms with Crippen LogP contribution in [0.5, 0.6) is 5.75 Å². The van der Waals surface area contributed by atoms with Crippen molar-refractivity contribution in [2.75, 3.05) is 6.61 Å². The minimum absolute atomic E-state index is 0.120. The molecule has 0 radical (unpaired) electrons. The maximum Gasteiger partial charge on any atom is 0.276 e. The van der Waals surface area contributed by atoms with E-state index in [9.17, 15) is 4.79 Å². The lowest BCUT2D eigenvalue weighted by molar-refractivity contribution is 0.304. The van der Waals surface area contributed by atoms with Crippen molar-refractivity contribution in [3.8, 4) is 11.4 Å². The summed E-state index contributed by atoms with van der Waals surface area (Å²) in [5.74, 6) is 1.63. The zero-order chi connectivity index (χ0) is 19.6. The van der Waals surface area contributed by atoms with E-state index in [1.807, 2.05) is 12.1 Å². The molecule has 2 heterocycles. The standard InChI is InChI=1S/C23H33N3O2/c1-2-3-4-5-6-7-8-9-10-11-16-28-20-13-14-21-19(17-20)12-15-22-25-24-18-23(27)26(21)22/h13-14,17-18H,2-12,15-16H2,1H3. The Bertz CT molecular complexity index is 801. The van der Waals surface area contributed by atoms with Gasteiger partial charge in [-0.1, -0.05) is 64.7 Å². The fourth-order valence-corrected chi connectivity index (χ4v) is 3.89. The molecule has 1 aliphatic heterocycles. The first-order valence-electron chi connectivity index (χ1n) is 11.0. The SMILES string of the molecule is CCCCCCCCCCCCOc1ccc2c(c1)CCc1nncc(=O)n1-2. The van der Waals surface area contributed by atoms with Crippen LogP contribution in [0.3, 0.4) is 0 Å². The van der Waals surface area contributed by atoms with Gasteiger partial charge in [0.15, 0.2) is 0 Å². The molecule has 0 N–H and O–H groups in total. The first kappa shape index (κ1) is 20.6. The van der Waals surface area contributed by atoms with Gasteiger partial charge in [0.1, 0.15) is 17.8 Å². The molecule has 0 unspecified atom stereocenters. The average Bonchev–Trinajstić information content (AvgIpc) is 2.72. The number of hydrogen-bond acceptors (Lipinski definition) is 4. The third-order valence-electron chi connectivity index (χ3n) is 5.50. The second-order valence-electron chi connectivity index (χ2n) is 7.76. The molecule has 0 saturated carbocycles. The monoisotopic (exact) mass is 383 g/mol. The van der Waals surface area contributed by atoms with Crippen molar-refractivity contribution in [3.63, 3.8) is 0 Å². The van der Waals surface area contributed by atoms with Gasteiger partial charge in [0, 0.05) is 6.42 Å². The number of aryl methyl sites for hydroxylation is 2. The first-order valence-corrected chi connectivity index (χ1v) is 11.0. The van der Waals surface area contributed by atoms with Crippen molar-refractivity contribution < 1.29 is 4.74 Å². The van der Waals surface area contributed by atoms with E-state index in [2.05, 4.69) is 23.2 Å². The normalized spacial score (nSPS) is 12.5. The van der Waals surface area contributed by atoms with E-state index in [0.29, 0.717) is 0 Å². The van der Waals surface area contributed by atoms with Crippen molar-refractivity contribution in [3.05, 3.63) is 46.1 Å². The lowest BCUT2D eigenvalue weighted by Gasteiger charge is -2.20. The Balaban J connectivity index is 1.37. The summed E-state index contributed by atoms with van der Waals surface area (Å²) in [6, 6.07) is 5.99. The van der Waals surface area contributed by atoms with E-state index in [1.54, 1.807) is 4.57 Å². The molecule has 5 heteroatoms. The Morgan fingerprint density at radius 3 is 2.43 bits per heavy atom. The number of unbranched alkanes of at least 4 members (excludes halogenated alkanes) is 9. The van der Waals surface area contributed by atoms with Crippen molar-refractivity contribution in [2.24, 2.45) is 0 Å². The molecule has 0 saturated heterocycles. The van der Waals surface area contributed by atoms with Gasteiger partial charge in [-0.2, -0.15) is 5.10 Å². The first-order chi connectivity index (χ1) is 13.8. The van der Waals surface area contributed by atoms with Gasteiger partial charge in [-0.25, -0.2) is 0 Å². The van der Waals surface area contributed by atoms with Crippen LogP contribution < -0.4 is 10.3 Å². The van der Waals surface area contributed by atoms with E-state index >= 15 is 0 Å². The van der Waals surface area contributed by atoms with Gasteiger partial charge in [0.05, 0.1) is 12.3 Å².